The van der Waals surface area contributed by atoms with Crippen molar-refractivity contribution >= 4 is 22.6 Å². The molecule has 0 bridgehead atoms. The summed E-state index contributed by atoms with van der Waals surface area (Å²) in [6.07, 6.45) is 2.82. The molecule has 11 heteroatoms. The lowest BCUT2D eigenvalue weighted by Gasteiger charge is -2.09. The van der Waals surface area contributed by atoms with Crippen LogP contribution in [0.15, 0.2) is 59.8 Å². The summed E-state index contributed by atoms with van der Waals surface area (Å²) in [5.41, 5.74) is 1.22. The van der Waals surface area contributed by atoms with Gasteiger partial charge in [0.15, 0.2) is 5.65 Å². The van der Waals surface area contributed by atoms with Crippen molar-refractivity contribution in [2.24, 2.45) is 0 Å². The Morgan fingerprint density at radius 2 is 1.97 bits per heavy atom. The van der Waals surface area contributed by atoms with Crippen molar-refractivity contribution in [3.8, 4) is 0 Å². The van der Waals surface area contributed by atoms with Gasteiger partial charge in [-0.2, -0.15) is 5.10 Å². The van der Waals surface area contributed by atoms with E-state index in [0.717, 1.165) is 5.56 Å². The average Bonchev–Trinajstić information content (AvgIpc) is 3.20. The van der Waals surface area contributed by atoms with E-state index < -0.39 is 10.8 Å². The highest BCUT2D eigenvalue weighted by Gasteiger charge is 2.18. The first kappa shape index (κ1) is 21.8. The number of nitrogens with zero attached hydrogens (tertiary/aromatic N) is 5. The Hall–Kier alpha value is -4.41. The van der Waals surface area contributed by atoms with Crippen LogP contribution in [0.1, 0.15) is 21.5 Å². The molecule has 10 nitrogen and oxygen atoms in total. The summed E-state index contributed by atoms with van der Waals surface area (Å²) in [5, 5.41) is 18.3. The quantitative estimate of drug-likeness (QED) is 0.341. The van der Waals surface area contributed by atoms with Gasteiger partial charge in [0.05, 0.1) is 24.2 Å². The van der Waals surface area contributed by atoms with Crippen molar-refractivity contribution in [3.63, 3.8) is 0 Å². The first-order chi connectivity index (χ1) is 15.8. The Morgan fingerprint density at radius 3 is 2.70 bits per heavy atom. The summed E-state index contributed by atoms with van der Waals surface area (Å²) >= 11 is 0. The van der Waals surface area contributed by atoms with Crippen LogP contribution >= 0.6 is 0 Å². The Labute approximate surface area is 186 Å². The van der Waals surface area contributed by atoms with Crippen LogP contribution in [0.2, 0.25) is 0 Å². The van der Waals surface area contributed by atoms with Crippen LogP contribution in [0.25, 0.3) is 11.0 Å². The molecule has 1 N–H and O–H groups in total. The van der Waals surface area contributed by atoms with Crippen molar-refractivity contribution in [1.29, 1.82) is 0 Å². The number of benzene rings is 2. The van der Waals surface area contributed by atoms with E-state index >= 15 is 0 Å². The SMILES string of the molecule is Cc1c(C(=O)NCCn2ncc3c(=O)n(Cc4ccc(F)cc4)cnc32)cccc1[N+](=O)[O-]. The highest BCUT2D eigenvalue weighted by molar-refractivity contribution is 5.96. The van der Waals surface area contributed by atoms with Crippen molar-refractivity contribution in [1.82, 2.24) is 24.6 Å². The number of nitrogens with one attached hydrogen (secondary N) is 1. The van der Waals surface area contributed by atoms with Gasteiger partial charge in [0.25, 0.3) is 17.2 Å². The van der Waals surface area contributed by atoms with E-state index in [4.69, 9.17) is 0 Å². The molecular weight excluding hydrogens is 431 g/mol. The van der Waals surface area contributed by atoms with Crippen LogP contribution in [-0.4, -0.2) is 36.7 Å². The summed E-state index contributed by atoms with van der Waals surface area (Å²) < 4.78 is 16.0. The van der Waals surface area contributed by atoms with Crippen molar-refractivity contribution in [3.05, 3.63) is 98.0 Å². The number of carbonyl (C=O) groups is 1. The molecule has 0 saturated carbocycles. The minimum absolute atomic E-state index is 0.123. The molecule has 0 aliphatic carbocycles. The fraction of sp³-hybridized carbons (Fsp3) is 0.182. The van der Waals surface area contributed by atoms with E-state index in [9.17, 15) is 24.1 Å². The number of rotatable bonds is 7. The lowest BCUT2D eigenvalue weighted by molar-refractivity contribution is -0.385. The van der Waals surface area contributed by atoms with Crippen molar-refractivity contribution in [2.75, 3.05) is 6.54 Å². The smallest absolute Gasteiger partial charge is 0.273 e. The molecule has 2 aromatic heterocycles. The fourth-order valence-corrected chi connectivity index (χ4v) is 3.50. The van der Waals surface area contributed by atoms with Crippen LogP contribution in [0.5, 0.6) is 0 Å². The summed E-state index contributed by atoms with van der Waals surface area (Å²) in [6, 6.07) is 10.2. The van der Waals surface area contributed by atoms with Crippen molar-refractivity contribution < 1.29 is 14.1 Å². The second kappa shape index (κ2) is 8.99. The highest BCUT2D eigenvalue weighted by atomic mass is 19.1. The lowest BCUT2D eigenvalue weighted by atomic mass is 10.1. The predicted molar refractivity (Wildman–Crippen MR) is 117 cm³/mol. The number of carbonyl (C=O) groups excluding carboxylic acids is 1. The number of halogens is 1. The summed E-state index contributed by atoms with van der Waals surface area (Å²) in [6.45, 7) is 2.19. The molecule has 1 amide bonds. The van der Waals surface area contributed by atoms with E-state index in [1.807, 2.05) is 0 Å². The standard InChI is InChI=1S/C22H19FN6O4/c1-14-17(3-2-4-19(14)29(32)33)21(30)24-9-10-28-20-18(11-26-28)22(31)27(13-25-20)12-15-5-7-16(23)8-6-15/h2-8,11,13H,9-10,12H2,1H3,(H,24,30). The second-order valence-electron chi connectivity index (χ2n) is 7.37. The molecule has 2 aromatic carbocycles. The predicted octanol–water partition coefficient (Wildman–Crippen LogP) is 2.43. The van der Waals surface area contributed by atoms with Gasteiger partial charge in [0.2, 0.25) is 0 Å². The first-order valence-corrected chi connectivity index (χ1v) is 10.0. The average molecular weight is 450 g/mol. The maximum Gasteiger partial charge on any atom is 0.273 e. The first-order valence-electron chi connectivity index (χ1n) is 10.0. The summed E-state index contributed by atoms with van der Waals surface area (Å²) in [5.74, 6) is -0.795. The van der Waals surface area contributed by atoms with Crippen LogP contribution in [0.3, 0.4) is 0 Å². The van der Waals surface area contributed by atoms with Crippen molar-refractivity contribution in [2.45, 2.75) is 20.0 Å². The Morgan fingerprint density at radius 1 is 1.21 bits per heavy atom. The Balaban J connectivity index is 1.46. The third-order valence-electron chi connectivity index (χ3n) is 5.24. The molecule has 0 radical (unpaired) electrons. The van der Waals surface area contributed by atoms with Crippen LogP contribution in [0.4, 0.5) is 10.1 Å². The van der Waals surface area contributed by atoms with Gasteiger partial charge in [-0.15, -0.1) is 0 Å². The highest BCUT2D eigenvalue weighted by Crippen LogP contribution is 2.20. The number of nitro benzene ring substituents is 1. The summed E-state index contributed by atoms with van der Waals surface area (Å²) in [7, 11) is 0. The second-order valence-corrected chi connectivity index (χ2v) is 7.37. The minimum Gasteiger partial charge on any atom is -0.350 e. The molecule has 0 unspecified atom stereocenters. The van der Waals surface area contributed by atoms with E-state index in [2.05, 4.69) is 15.4 Å². The molecule has 0 aliphatic heterocycles. The molecule has 2 heterocycles. The normalized spacial score (nSPS) is 11.0. The molecule has 0 saturated heterocycles. The third-order valence-corrected chi connectivity index (χ3v) is 5.24. The Kier molecular flexibility index (Phi) is 5.94. The zero-order valence-electron chi connectivity index (χ0n) is 17.6. The number of fused-ring (bicyclic) bond motifs is 1. The molecule has 0 aliphatic rings. The fourth-order valence-electron chi connectivity index (χ4n) is 3.50. The monoisotopic (exact) mass is 450 g/mol. The molecule has 168 valence electrons. The third kappa shape index (κ3) is 4.47. The number of amides is 1. The molecular formula is C22H19FN6O4. The van der Waals surface area contributed by atoms with Gasteiger partial charge in [-0.05, 0) is 30.7 Å². The summed E-state index contributed by atoms with van der Waals surface area (Å²) in [4.78, 5) is 40.1. The zero-order valence-corrected chi connectivity index (χ0v) is 17.6. The van der Waals surface area contributed by atoms with Gasteiger partial charge in [-0.25, -0.2) is 14.1 Å². The molecule has 4 rings (SSSR count). The minimum atomic E-state index is -0.531. The molecule has 4 aromatic rings. The van der Waals surface area contributed by atoms with Crippen LogP contribution in [-0.2, 0) is 13.1 Å². The van der Waals surface area contributed by atoms with E-state index in [-0.39, 0.29) is 47.8 Å². The van der Waals surface area contributed by atoms with Crippen LogP contribution < -0.4 is 10.9 Å². The molecule has 0 fully saturated rings. The molecule has 0 spiro atoms. The number of hydrogen-bond acceptors (Lipinski definition) is 6. The topological polar surface area (TPSA) is 125 Å². The van der Waals surface area contributed by atoms with Gasteiger partial charge in [0, 0.05) is 23.7 Å². The number of aromatic nitrogens is 4. The van der Waals surface area contributed by atoms with Gasteiger partial charge in [-0.1, -0.05) is 18.2 Å². The number of nitro groups is 1. The Bertz CT molecular complexity index is 1410. The van der Waals surface area contributed by atoms with E-state index in [1.54, 1.807) is 12.1 Å². The maximum atomic E-state index is 13.1. The van der Waals surface area contributed by atoms with Gasteiger partial charge >= 0.3 is 0 Å². The maximum absolute atomic E-state index is 13.1. The van der Waals surface area contributed by atoms with E-state index in [1.165, 1.54) is 59.0 Å². The molecule has 0 atom stereocenters. The van der Waals surface area contributed by atoms with Crippen LogP contribution in [0, 0.1) is 22.9 Å². The van der Waals surface area contributed by atoms with Gasteiger partial charge in [0.1, 0.15) is 17.5 Å². The number of hydrogen-bond donors (Lipinski definition) is 1. The largest absolute Gasteiger partial charge is 0.350 e. The van der Waals surface area contributed by atoms with Gasteiger partial charge < -0.3 is 5.32 Å². The van der Waals surface area contributed by atoms with E-state index in [0.29, 0.717) is 11.0 Å². The zero-order chi connectivity index (χ0) is 23.5. The lowest BCUT2D eigenvalue weighted by Crippen LogP contribution is -2.28. The van der Waals surface area contributed by atoms with Gasteiger partial charge in [-0.3, -0.25) is 24.3 Å². The molecule has 33 heavy (non-hydrogen) atoms.